The average molecular weight is 411 g/mol. The van der Waals surface area contributed by atoms with E-state index in [1.807, 2.05) is 36.8 Å². The van der Waals surface area contributed by atoms with E-state index in [9.17, 15) is 4.79 Å². The highest BCUT2D eigenvalue weighted by molar-refractivity contribution is 5.98. The molecule has 0 saturated heterocycles. The highest BCUT2D eigenvalue weighted by Gasteiger charge is 2.20. The Morgan fingerprint density at radius 3 is 2.90 bits per heavy atom. The number of allylic oxidation sites excluding steroid dienone is 1. The molecule has 9 nitrogen and oxygen atoms in total. The maximum Gasteiger partial charge on any atom is 0.267 e. The van der Waals surface area contributed by atoms with Crippen LogP contribution >= 0.6 is 0 Å². The van der Waals surface area contributed by atoms with Gasteiger partial charge in [0.15, 0.2) is 0 Å². The number of carbonyl (C=O) groups is 1. The third-order valence-electron chi connectivity index (χ3n) is 4.32. The number of carbonyl (C=O) groups excluding carboxylic acids is 1. The molecule has 0 aliphatic rings. The van der Waals surface area contributed by atoms with Crippen molar-refractivity contribution in [2.75, 3.05) is 18.9 Å². The molecule has 2 rings (SSSR count). The van der Waals surface area contributed by atoms with E-state index < -0.39 is 5.54 Å². The zero-order valence-electron chi connectivity index (χ0n) is 18.0. The van der Waals surface area contributed by atoms with E-state index in [4.69, 9.17) is 4.99 Å². The van der Waals surface area contributed by atoms with Gasteiger partial charge in [0, 0.05) is 32.2 Å². The SMILES string of the molecule is C=N/C(=N\CC(C)(/C=C\CC)/N=c1/ncccn1CC)Nc1c[nH]c(C(=O)NC)c1. The average Bonchev–Trinajstić information content (AvgIpc) is 3.23. The molecule has 30 heavy (non-hydrogen) atoms. The number of H-pyrrole nitrogens is 1. The first-order chi connectivity index (χ1) is 14.4. The van der Waals surface area contributed by atoms with E-state index in [1.165, 1.54) is 0 Å². The van der Waals surface area contributed by atoms with Crippen LogP contribution in [0.5, 0.6) is 0 Å². The number of aryl methyl sites for hydroxylation is 1. The summed E-state index contributed by atoms with van der Waals surface area (Å²) in [6.07, 6.45) is 10.3. The first-order valence-corrected chi connectivity index (χ1v) is 9.88. The number of nitrogens with one attached hydrogen (secondary N) is 3. The molecule has 0 aliphatic heterocycles. The summed E-state index contributed by atoms with van der Waals surface area (Å²) < 4.78 is 1.98. The van der Waals surface area contributed by atoms with Crippen LogP contribution in [0.3, 0.4) is 0 Å². The van der Waals surface area contributed by atoms with Crippen LogP contribution in [0, 0.1) is 0 Å². The normalized spacial score (nSPS) is 14.5. The lowest BCUT2D eigenvalue weighted by Gasteiger charge is -2.19. The van der Waals surface area contributed by atoms with Gasteiger partial charge in [0.05, 0.1) is 17.8 Å². The number of guanidine groups is 1. The third kappa shape index (κ3) is 6.26. The molecule has 0 radical (unpaired) electrons. The summed E-state index contributed by atoms with van der Waals surface area (Å²) in [5.74, 6) is 0.136. The molecule has 0 spiro atoms. The molecule has 0 bridgehead atoms. The van der Waals surface area contributed by atoms with Gasteiger partial charge in [-0.1, -0.05) is 19.1 Å². The largest absolute Gasteiger partial charge is 0.355 e. The summed E-state index contributed by atoms with van der Waals surface area (Å²) in [6.45, 7) is 10.8. The maximum atomic E-state index is 11.7. The van der Waals surface area contributed by atoms with Gasteiger partial charge in [-0.15, -0.1) is 0 Å². The molecule has 3 N–H and O–H groups in total. The van der Waals surface area contributed by atoms with Crippen LogP contribution in [0.15, 0.2) is 57.9 Å². The zero-order chi connectivity index (χ0) is 22.0. The van der Waals surface area contributed by atoms with Gasteiger partial charge in [0.2, 0.25) is 11.6 Å². The standard InChI is InChI=1S/C21H30N8O/c1-6-8-10-21(3,28-20-24-11-9-12-29(20)7-2)15-26-19(23-5)27-16-13-17(25-14-16)18(30)22-4/h8-14,25H,5-7,15H2,1-4H3,(H,22,30)(H,26,27)/b10-8-,28-20-. The highest BCUT2D eigenvalue weighted by atomic mass is 16.1. The molecule has 1 atom stereocenters. The molecule has 2 aromatic rings. The predicted molar refractivity (Wildman–Crippen MR) is 121 cm³/mol. The van der Waals surface area contributed by atoms with Crippen molar-refractivity contribution in [1.29, 1.82) is 0 Å². The van der Waals surface area contributed by atoms with E-state index in [-0.39, 0.29) is 5.91 Å². The van der Waals surface area contributed by atoms with Gasteiger partial charge in [0.25, 0.3) is 5.91 Å². The van der Waals surface area contributed by atoms with Crippen molar-refractivity contribution in [2.24, 2.45) is 15.0 Å². The molecule has 0 fully saturated rings. The van der Waals surface area contributed by atoms with Crippen LogP contribution in [-0.2, 0) is 6.54 Å². The van der Waals surface area contributed by atoms with Gasteiger partial charge >= 0.3 is 0 Å². The first kappa shape index (κ1) is 22.8. The van der Waals surface area contributed by atoms with Crippen molar-refractivity contribution in [3.63, 3.8) is 0 Å². The van der Waals surface area contributed by atoms with E-state index in [2.05, 4.69) is 50.3 Å². The maximum absolute atomic E-state index is 11.7. The summed E-state index contributed by atoms with van der Waals surface area (Å²) in [5.41, 5.74) is 1.13. The lowest BCUT2D eigenvalue weighted by molar-refractivity contribution is 0.0959. The van der Waals surface area contributed by atoms with Gasteiger partial charge in [0.1, 0.15) is 5.69 Å². The van der Waals surface area contributed by atoms with Crippen molar-refractivity contribution in [3.8, 4) is 0 Å². The number of rotatable bonds is 8. The Morgan fingerprint density at radius 2 is 2.23 bits per heavy atom. The number of nitrogens with zero attached hydrogens (tertiary/aromatic N) is 5. The topological polar surface area (TPSA) is 112 Å². The Hall–Kier alpha value is -3.49. The van der Waals surface area contributed by atoms with Crippen molar-refractivity contribution < 1.29 is 4.79 Å². The van der Waals surface area contributed by atoms with E-state index in [1.54, 1.807) is 25.5 Å². The summed E-state index contributed by atoms with van der Waals surface area (Å²) in [4.78, 5) is 32.4. The fourth-order valence-electron chi connectivity index (χ4n) is 2.68. The third-order valence-corrected chi connectivity index (χ3v) is 4.32. The lowest BCUT2D eigenvalue weighted by Crippen LogP contribution is -2.33. The summed E-state index contributed by atoms with van der Waals surface area (Å²) in [5, 5.41) is 5.63. The van der Waals surface area contributed by atoms with Crippen LogP contribution in [0.1, 0.15) is 37.7 Å². The number of amides is 1. The second-order valence-electron chi connectivity index (χ2n) is 6.79. The number of aromatic nitrogens is 3. The summed E-state index contributed by atoms with van der Waals surface area (Å²) in [7, 11) is 1.58. The Kier molecular flexibility index (Phi) is 8.28. The number of hydrogen-bond acceptors (Lipinski definition) is 4. The monoisotopic (exact) mass is 410 g/mol. The molecule has 1 unspecified atom stereocenters. The van der Waals surface area contributed by atoms with Crippen LogP contribution in [-0.4, -0.2) is 52.3 Å². The number of aliphatic imine (C=N–C) groups is 2. The van der Waals surface area contributed by atoms with Crippen molar-refractivity contribution in [3.05, 3.63) is 54.2 Å². The van der Waals surface area contributed by atoms with Gasteiger partial charge in [-0.2, -0.15) is 0 Å². The molecule has 0 aromatic carbocycles. The van der Waals surface area contributed by atoms with E-state index in [0.717, 1.165) is 13.0 Å². The Morgan fingerprint density at radius 1 is 1.43 bits per heavy atom. The molecular formula is C21H30N8O. The van der Waals surface area contributed by atoms with E-state index >= 15 is 0 Å². The van der Waals surface area contributed by atoms with Gasteiger partial charge in [-0.25, -0.2) is 20.0 Å². The van der Waals surface area contributed by atoms with Crippen molar-refractivity contribution in [1.82, 2.24) is 19.9 Å². The molecule has 1 amide bonds. The quantitative estimate of drug-likeness (QED) is 0.353. The van der Waals surface area contributed by atoms with Crippen molar-refractivity contribution >= 4 is 24.3 Å². The highest BCUT2D eigenvalue weighted by Crippen LogP contribution is 2.14. The van der Waals surface area contributed by atoms with Crippen LogP contribution in [0.4, 0.5) is 5.69 Å². The van der Waals surface area contributed by atoms with Gasteiger partial charge < -0.3 is 20.2 Å². The summed E-state index contributed by atoms with van der Waals surface area (Å²) in [6, 6.07) is 3.56. The zero-order valence-corrected chi connectivity index (χ0v) is 18.0. The Balaban J connectivity index is 2.29. The second kappa shape index (κ2) is 10.9. The van der Waals surface area contributed by atoms with Crippen molar-refractivity contribution in [2.45, 2.75) is 39.3 Å². The Bertz CT molecular complexity index is 985. The smallest absolute Gasteiger partial charge is 0.267 e. The van der Waals surface area contributed by atoms with Crippen LogP contribution < -0.4 is 16.3 Å². The molecule has 160 valence electrons. The molecule has 0 aliphatic carbocycles. The molecule has 2 heterocycles. The van der Waals surface area contributed by atoms with E-state index in [0.29, 0.717) is 29.5 Å². The number of aromatic amines is 1. The van der Waals surface area contributed by atoms with Crippen LogP contribution in [0.25, 0.3) is 0 Å². The molecular weight excluding hydrogens is 380 g/mol. The molecule has 2 aromatic heterocycles. The lowest BCUT2D eigenvalue weighted by atomic mass is 10.0. The fourth-order valence-corrected chi connectivity index (χ4v) is 2.68. The minimum Gasteiger partial charge on any atom is -0.355 e. The molecule has 0 saturated carbocycles. The Labute approximate surface area is 176 Å². The minimum absolute atomic E-state index is 0.205. The first-order valence-electron chi connectivity index (χ1n) is 9.88. The number of hydrogen-bond donors (Lipinski definition) is 3. The molecule has 9 heteroatoms. The number of anilines is 1. The summed E-state index contributed by atoms with van der Waals surface area (Å²) >= 11 is 0. The minimum atomic E-state index is -0.607. The van der Waals surface area contributed by atoms with Gasteiger partial charge in [-0.3, -0.25) is 4.79 Å². The van der Waals surface area contributed by atoms with Gasteiger partial charge in [-0.05, 0) is 39.1 Å². The second-order valence-corrected chi connectivity index (χ2v) is 6.79. The van der Waals surface area contributed by atoms with Crippen LogP contribution in [0.2, 0.25) is 0 Å². The fraction of sp³-hybridized carbons (Fsp3) is 0.381. The predicted octanol–water partition coefficient (Wildman–Crippen LogP) is 2.39.